The molecule has 0 unspecified atom stereocenters. The lowest BCUT2D eigenvalue weighted by Gasteiger charge is -2.02. The molecule has 0 saturated carbocycles. The SMILES string of the molecule is COc1ccc(OC=O)cc1[N+](=O)[O-]. The molecular formula is C8H7NO5. The van der Waals surface area contributed by atoms with E-state index in [2.05, 4.69) is 4.74 Å². The highest BCUT2D eigenvalue weighted by atomic mass is 16.6. The van der Waals surface area contributed by atoms with Crippen LogP contribution in [0.2, 0.25) is 0 Å². The molecule has 0 radical (unpaired) electrons. The van der Waals surface area contributed by atoms with Crippen LogP contribution >= 0.6 is 0 Å². The Balaban J connectivity index is 3.13. The van der Waals surface area contributed by atoms with E-state index in [1.807, 2.05) is 0 Å². The van der Waals surface area contributed by atoms with E-state index < -0.39 is 4.92 Å². The summed E-state index contributed by atoms with van der Waals surface area (Å²) in [6, 6.07) is 3.88. The Labute approximate surface area is 79.2 Å². The highest BCUT2D eigenvalue weighted by Gasteiger charge is 2.15. The molecule has 0 saturated heterocycles. The minimum Gasteiger partial charge on any atom is -0.490 e. The van der Waals surface area contributed by atoms with Gasteiger partial charge in [-0.3, -0.25) is 14.9 Å². The maximum atomic E-state index is 10.5. The minimum atomic E-state index is -0.615. The van der Waals surface area contributed by atoms with Gasteiger partial charge in [-0.1, -0.05) is 0 Å². The van der Waals surface area contributed by atoms with Crippen molar-refractivity contribution in [1.82, 2.24) is 0 Å². The predicted octanol–water partition coefficient (Wildman–Crippen LogP) is 1.14. The first-order valence-electron chi connectivity index (χ1n) is 3.61. The molecular weight excluding hydrogens is 190 g/mol. The number of nitro groups is 1. The molecule has 0 heterocycles. The van der Waals surface area contributed by atoms with Gasteiger partial charge >= 0.3 is 5.69 Å². The Bertz CT molecular complexity index is 363. The molecule has 0 amide bonds. The molecule has 0 fully saturated rings. The number of hydrogen-bond donors (Lipinski definition) is 0. The van der Waals surface area contributed by atoms with Crippen LogP contribution in [0.5, 0.6) is 11.5 Å². The predicted molar refractivity (Wildman–Crippen MR) is 46.3 cm³/mol. The maximum Gasteiger partial charge on any atom is 0.314 e. The Morgan fingerprint density at radius 2 is 2.21 bits per heavy atom. The molecule has 0 aliphatic rings. The van der Waals surface area contributed by atoms with Crippen LogP contribution in [0.3, 0.4) is 0 Å². The molecule has 0 spiro atoms. The summed E-state index contributed by atoms with van der Waals surface area (Å²) >= 11 is 0. The van der Waals surface area contributed by atoms with E-state index in [9.17, 15) is 14.9 Å². The second-order valence-electron chi connectivity index (χ2n) is 2.30. The third-order valence-corrected chi connectivity index (χ3v) is 1.53. The lowest BCUT2D eigenvalue weighted by Crippen LogP contribution is -1.95. The highest BCUT2D eigenvalue weighted by molar-refractivity contribution is 5.54. The molecule has 0 aliphatic heterocycles. The number of hydrogen-bond acceptors (Lipinski definition) is 5. The average Bonchev–Trinajstić information content (AvgIpc) is 2.18. The van der Waals surface area contributed by atoms with Crippen molar-refractivity contribution in [2.45, 2.75) is 0 Å². The molecule has 6 heteroatoms. The first-order valence-corrected chi connectivity index (χ1v) is 3.61. The van der Waals surface area contributed by atoms with Crippen LogP contribution in [0.25, 0.3) is 0 Å². The summed E-state index contributed by atoms with van der Waals surface area (Å²) in [6.45, 7) is 0.200. The van der Waals surface area contributed by atoms with E-state index in [0.717, 1.165) is 6.07 Å². The number of ether oxygens (including phenoxy) is 2. The minimum absolute atomic E-state index is 0.104. The zero-order valence-electron chi connectivity index (χ0n) is 7.30. The average molecular weight is 197 g/mol. The topological polar surface area (TPSA) is 78.7 Å². The van der Waals surface area contributed by atoms with Crippen LogP contribution in [-0.4, -0.2) is 18.5 Å². The van der Waals surface area contributed by atoms with Crippen LogP contribution in [0, 0.1) is 10.1 Å². The molecule has 1 aromatic rings. The zero-order valence-corrected chi connectivity index (χ0v) is 7.30. The van der Waals surface area contributed by atoms with Gasteiger partial charge in [-0.25, -0.2) is 0 Å². The highest BCUT2D eigenvalue weighted by Crippen LogP contribution is 2.30. The molecule has 0 bridgehead atoms. The van der Waals surface area contributed by atoms with Crippen molar-refractivity contribution >= 4 is 12.2 Å². The van der Waals surface area contributed by atoms with Crippen LogP contribution in [-0.2, 0) is 4.79 Å². The lowest BCUT2D eigenvalue weighted by molar-refractivity contribution is -0.385. The van der Waals surface area contributed by atoms with E-state index in [-0.39, 0.29) is 23.7 Å². The molecule has 0 aliphatic carbocycles. The van der Waals surface area contributed by atoms with Gasteiger partial charge in [0.25, 0.3) is 6.47 Å². The molecule has 74 valence electrons. The molecule has 0 atom stereocenters. The van der Waals surface area contributed by atoms with Gasteiger partial charge in [0.15, 0.2) is 5.75 Å². The van der Waals surface area contributed by atoms with Crippen molar-refractivity contribution in [2.75, 3.05) is 7.11 Å². The number of carbonyl (C=O) groups excluding carboxylic acids is 1. The lowest BCUT2D eigenvalue weighted by atomic mass is 10.3. The van der Waals surface area contributed by atoms with Crippen molar-refractivity contribution in [1.29, 1.82) is 0 Å². The number of methoxy groups -OCH3 is 1. The van der Waals surface area contributed by atoms with Crippen molar-refractivity contribution in [3.8, 4) is 11.5 Å². The van der Waals surface area contributed by atoms with Crippen molar-refractivity contribution in [3.05, 3.63) is 28.3 Å². The smallest absolute Gasteiger partial charge is 0.314 e. The van der Waals surface area contributed by atoms with Crippen molar-refractivity contribution < 1.29 is 19.2 Å². The van der Waals surface area contributed by atoms with Crippen LogP contribution in [0.1, 0.15) is 0 Å². The standard InChI is InChI=1S/C8H7NO5/c1-13-8-3-2-6(14-5-10)4-7(8)9(11)12/h2-5H,1H3. The van der Waals surface area contributed by atoms with Gasteiger partial charge in [0.2, 0.25) is 0 Å². The summed E-state index contributed by atoms with van der Waals surface area (Å²) in [6.07, 6.45) is 0. The fourth-order valence-corrected chi connectivity index (χ4v) is 0.941. The second-order valence-corrected chi connectivity index (χ2v) is 2.30. The third kappa shape index (κ3) is 1.98. The van der Waals surface area contributed by atoms with Gasteiger partial charge < -0.3 is 9.47 Å². The molecule has 0 N–H and O–H groups in total. The van der Waals surface area contributed by atoms with Gasteiger partial charge in [-0.15, -0.1) is 0 Å². The Morgan fingerprint density at radius 3 is 2.71 bits per heavy atom. The fraction of sp³-hybridized carbons (Fsp3) is 0.125. The summed E-state index contributed by atoms with van der Waals surface area (Å²) < 4.78 is 9.21. The van der Waals surface area contributed by atoms with Crippen LogP contribution in [0.15, 0.2) is 18.2 Å². The molecule has 14 heavy (non-hydrogen) atoms. The summed E-state index contributed by atoms with van der Waals surface area (Å²) in [5.41, 5.74) is -0.244. The van der Waals surface area contributed by atoms with Crippen LogP contribution < -0.4 is 9.47 Å². The van der Waals surface area contributed by atoms with Gasteiger partial charge in [0.1, 0.15) is 5.75 Å². The summed E-state index contributed by atoms with van der Waals surface area (Å²) in [5.74, 6) is 0.223. The Kier molecular flexibility index (Phi) is 3.01. The monoisotopic (exact) mass is 197 g/mol. The number of rotatable bonds is 4. The summed E-state index contributed by atoms with van der Waals surface area (Å²) in [4.78, 5) is 19.9. The second kappa shape index (κ2) is 4.22. The van der Waals surface area contributed by atoms with E-state index in [1.165, 1.54) is 19.2 Å². The van der Waals surface area contributed by atoms with E-state index in [1.54, 1.807) is 0 Å². The van der Waals surface area contributed by atoms with Gasteiger partial charge in [-0.05, 0) is 12.1 Å². The molecule has 0 aromatic heterocycles. The Morgan fingerprint density at radius 1 is 1.50 bits per heavy atom. The van der Waals surface area contributed by atoms with Crippen molar-refractivity contribution in [2.24, 2.45) is 0 Å². The summed E-state index contributed by atoms with van der Waals surface area (Å²) in [5, 5.41) is 10.5. The fourth-order valence-electron chi connectivity index (χ4n) is 0.941. The number of carbonyl (C=O) groups is 1. The summed E-state index contributed by atoms with van der Waals surface area (Å²) in [7, 11) is 1.32. The number of benzene rings is 1. The molecule has 6 nitrogen and oxygen atoms in total. The van der Waals surface area contributed by atoms with Crippen LogP contribution in [0.4, 0.5) is 5.69 Å². The number of nitrogens with zero attached hydrogens (tertiary/aromatic N) is 1. The normalized spacial score (nSPS) is 9.21. The van der Waals surface area contributed by atoms with E-state index >= 15 is 0 Å². The maximum absolute atomic E-state index is 10.5. The van der Waals surface area contributed by atoms with E-state index in [4.69, 9.17) is 4.74 Å². The quantitative estimate of drug-likeness (QED) is 0.410. The Hall–Kier alpha value is -2.11. The first kappa shape index (κ1) is 9.97. The van der Waals surface area contributed by atoms with Gasteiger partial charge in [0.05, 0.1) is 18.1 Å². The third-order valence-electron chi connectivity index (χ3n) is 1.53. The zero-order chi connectivity index (χ0) is 10.6. The largest absolute Gasteiger partial charge is 0.490 e. The molecule has 1 rings (SSSR count). The van der Waals surface area contributed by atoms with Crippen molar-refractivity contribution in [3.63, 3.8) is 0 Å². The van der Waals surface area contributed by atoms with Gasteiger partial charge in [0, 0.05) is 0 Å². The first-order chi connectivity index (χ1) is 6.69. The van der Waals surface area contributed by atoms with E-state index in [0.29, 0.717) is 0 Å². The number of nitro benzene ring substituents is 1. The van der Waals surface area contributed by atoms with Gasteiger partial charge in [-0.2, -0.15) is 0 Å². The molecule has 1 aromatic carbocycles.